The maximum absolute atomic E-state index is 11.9. The van der Waals surface area contributed by atoms with E-state index in [1.165, 1.54) is 0 Å². The fourth-order valence-corrected chi connectivity index (χ4v) is 2.00. The summed E-state index contributed by atoms with van der Waals surface area (Å²) in [5.41, 5.74) is 2.58. The van der Waals surface area contributed by atoms with Crippen molar-refractivity contribution in [1.82, 2.24) is 0 Å². The molecule has 0 saturated carbocycles. The second-order valence-corrected chi connectivity index (χ2v) is 5.01. The number of ether oxygens (including phenoxy) is 2. The fraction of sp³-hybridized carbons (Fsp3) is 0.222. The smallest absolute Gasteiger partial charge is 0.265 e. The van der Waals surface area contributed by atoms with Crippen LogP contribution in [0, 0.1) is 6.92 Å². The number of rotatable bonds is 7. The van der Waals surface area contributed by atoms with Crippen LogP contribution in [0.3, 0.4) is 0 Å². The molecule has 0 atom stereocenters. The summed E-state index contributed by atoms with van der Waals surface area (Å²) < 4.78 is 10.3. The Kier molecular flexibility index (Phi) is 6.19. The average molecular weight is 328 g/mol. The van der Waals surface area contributed by atoms with Crippen LogP contribution in [0.2, 0.25) is 0 Å². The van der Waals surface area contributed by atoms with Crippen molar-refractivity contribution in [3.63, 3.8) is 0 Å². The summed E-state index contributed by atoms with van der Waals surface area (Å²) in [6.07, 6.45) is 1.58. The largest absolute Gasteiger partial charge is 0.497 e. The molecule has 0 aliphatic rings. The number of anilines is 1. The lowest BCUT2D eigenvalue weighted by Crippen LogP contribution is -2.17. The third-order valence-electron chi connectivity index (χ3n) is 3.29. The zero-order valence-corrected chi connectivity index (χ0v) is 13.9. The van der Waals surface area contributed by atoms with Crippen LogP contribution in [0.15, 0.2) is 47.6 Å². The van der Waals surface area contributed by atoms with Crippen molar-refractivity contribution in [2.45, 2.75) is 6.92 Å². The number of aryl methyl sites for hydroxylation is 1. The Morgan fingerprint density at radius 3 is 2.42 bits per heavy atom. The van der Waals surface area contributed by atoms with Gasteiger partial charge >= 0.3 is 0 Å². The molecule has 0 bridgehead atoms. The predicted molar refractivity (Wildman–Crippen MR) is 92.9 cm³/mol. The van der Waals surface area contributed by atoms with Gasteiger partial charge in [0.15, 0.2) is 6.61 Å². The number of hydrogen-bond acceptors (Lipinski definition) is 5. The molecule has 0 unspecified atom stereocenters. The van der Waals surface area contributed by atoms with E-state index in [9.17, 15) is 4.79 Å². The van der Waals surface area contributed by atoms with Crippen molar-refractivity contribution < 1.29 is 19.1 Å². The Hall–Kier alpha value is -3.02. The summed E-state index contributed by atoms with van der Waals surface area (Å²) in [6.45, 7) is 1.78. The van der Waals surface area contributed by atoms with Crippen molar-refractivity contribution in [3.8, 4) is 11.5 Å². The molecule has 6 heteroatoms. The van der Waals surface area contributed by atoms with Gasteiger partial charge in [-0.25, -0.2) is 0 Å². The van der Waals surface area contributed by atoms with Gasteiger partial charge in [0.25, 0.3) is 5.91 Å². The quantitative estimate of drug-likeness (QED) is 0.626. The lowest BCUT2D eigenvalue weighted by Gasteiger charge is -2.09. The molecule has 24 heavy (non-hydrogen) atoms. The molecule has 0 aliphatic carbocycles. The van der Waals surface area contributed by atoms with Crippen LogP contribution < -0.4 is 14.8 Å². The number of benzene rings is 2. The highest BCUT2D eigenvalue weighted by Gasteiger charge is 2.06. The minimum Gasteiger partial charge on any atom is -0.497 e. The molecule has 0 saturated heterocycles. The van der Waals surface area contributed by atoms with E-state index in [0.29, 0.717) is 17.2 Å². The summed E-state index contributed by atoms with van der Waals surface area (Å²) in [5.74, 6) is 0.846. The van der Waals surface area contributed by atoms with Gasteiger partial charge in [-0.15, -0.1) is 0 Å². The summed E-state index contributed by atoms with van der Waals surface area (Å²) in [4.78, 5) is 16.9. The third kappa shape index (κ3) is 5.01. The van der Waals surface area contributed by atoms with Gasteiger partial charge in [0.1, 0.15) is 11.5 Å². The van der Waals surface area contributed by atoms with E-state index in [1.54, 1.807) is 38.6 Å². The topological polar surface area (TPSA) is 69.2 Å². The molecule has 2 rings (SSSR count). The summed E-state index contributed by atoms with van der Waals surface area (Å²) in [5, 5.41) is 6.52. The van der Waals surface area contributed by atoms with Crippen LogP contribution in [0.1, 0.15) is 11.1 Å². The van der Waals surface area contributed by atoms with Gasteiger partial charge in [-0.05, 0) is 18.1 Å². The van der Waals surface area contributed by atoms with Gasteiger partial charge in [0.05, 0.1) is 20.4 Å². The molecule has 0 aliphatic heterocycles. The van der Waals surface area contributed by atoms with Gasteiger partial charge in [0.2, 0.25) is 0 Å². The molecule has 0 fully saturated rings. The summed E-state index contributed by atoms with van der Waals surface area (Å²) >= 11 is 0. The van der Waals surface area contributed by atoms with E-state index in [2.05, 4.69) is 10.5 Å². The van der Waals surface area contributed by atoms with Crippen molar-refractivity contribution in [1.29, 1.82) is 0 Å². The number of carbonyl (C=O) groups is 1. The van der Waals surface area contributed by atoms with E-state index < -0.39 is 0 Å². The normalized spacial score (nSPS) is 10.5. The molecule has 1 amide bonds. The molecule has 0 heterocycles. The van der Waals surface area contributed by atoms with Crippen molar-refractivity contribution >= 4 is 17.8 Å². The standard InChI is InChI=1S/C18H20N2O4/c1-13-6-4-5-7-14(13)11-19-24-12-18(21)20-15-8-16(22-2)10-17(9-15)23-3/h4-11H,12H2,1-3H3,(H,20,21)/b19-11-. The Balaban J connectivity index is 1.88. The molecular weight excluding hydrogens is 308 g/mol. The Morgan fingerprint density at radius 2 is 1.79 bits per heavy atom. The van der Waals surface area contributed by atoms with Gasteiger partial charge in [-0.3, -0.25) is 4.79 Å². The van der Waals surface area contributed by atoms with Gasteiger partial charge in [-0.2, -0.15) is 0 Å². The van der Waals surface area contributed by atoms with E-state index in [1.807, 2.05) is 31.2 Å². The van der Waals surface area contributed by atoms with Crippen molar-refractivity contribution in [2.24, 2.45) is 5.16 Å². The molecule has 0 aromatic heterocycles. The first-order valence-corrected chi connectivity index (χ1v) is 7.36. The van der Waals surface area contributed by atoms with Gasteiger partial charge in [0, 0.05) is 23.9 Å². The van der Waals surface area contributed by atoms with E-state index >= 15 is 0 Å². The number of nitrogens with one attached hydrogen (secondary N) is 1. The number of nitrogens with zero attached hydrogens (tertiary/aromatic N) is 1. The monoisotopic (exact) mass is 328 g/mol. The predicted octanol–water partition coefficient (Wildman–Crippen LogP) is 3.00. The molecule has 2 aromatic carbocycles. The lowest BCUT2D eigenvalue weighted by molar-refractivity contribution is -0.120. The van der Waals surface area contributed by atoms with Crippen LogP contribution in [-0.4, -0.2) is 32.9 Å². The molecule has 2 aromatic rings. The first-order chi connectivity index (χ1) is 11.6. The van der Waals surface area contributed by atoms with Crippen molar-refractivity contribution in [3.05, 3.63) is 53.6 Å². The Morgan fingerprint density at radius 1 is 1.12 bits per heavy atom. The minimum atomic E-state index is -0.327. The van der Waals surface area contributed by atoms with Crippen LogP contribution in [0.25, 0.3) is 0 Å². The third-order valence-corrected chi connectivity index (χ3v) is 3.29. The van der Waals surface area contributed by atoms with E-state index in [0.717, 1.165) is 11.1 Å². The highest BCUT2D eigenvalue weighted by Crippen LogP contribution is 2.25. The van der Waals surface area contributed by atoms with E-state index in [4.69, 9.17) is 14.3 Å². The zero-order valence-electron chi connectivity index (χ0n) is 13.9. The molecule has 0 spiro atoms. The van der Waals surface area contributed by atoms with Gasteiger partial charge < -0.3 is 19.6 Å². The maximum atomic E-state index is 11.9. The Bertz CT molecular complexity index is 706. The number of methoxy groups -OCH3 is 2. The number of oxime groups is 1. The highest BCUT2D eigenvalue weighted by atomic mass is 16.6. The number of hydrogen-bond donors (Lipinski definition) is 1. The molecular formula is C18H20N2O4. The minimum absolute atomic E-state index is 0.193. The average Bonchev–Trinajstić information content (AvgIpc) is 2.59. The second kappa shape index (κ2) is 8.57. The maximum Gasteiger partial charge on any atom is 0.265 e. The van der Waals surface area contributed by atoms with Crippen LogP contribution >= 0.6 is 0 Å². The Labute approximate surface area is 141 Å². The van der Waals surface area contributed by atoms with Crippen LogP contribution in [0.5, 0.6) is 11.5 Å². The zero-order chi connectivity index (χ0) is 17.4. The van der Waals surface area contributed by atoms with E-state index in [-0.39, 0.29) is 12.5 Å². The fourth-order valence-electron chi connectivity index (χ4n) is 2.00. The van der Waals surface area contributed by atoms with Crippen LogP contribution in [-0.2, 0) is 9.63 Å². The van der Waals surface area contributed by atoms with Crippen molar-refractivity contribution in [2.75, 3.05) is 26.1 Å². The summed E-state index contributed by atoms with van der Waals surface area (Å²) in [7, 11) is 3.09. The molecule has 1 N–H and O–H groups in total. The number of carbonyl (C=O) groups excluding carboxylic acids is 1. The first-order valence-electron chi connectivity index (χ1n) is 7.36. The summed E-state index contributed by atoms with van der Waals surface area (Å²) in [6, 6.07) is 12.9. The lowest BCUT2D eigenvalue weighted by atomic mass is 10.1. The van der Waals surface area contributed by atoms with Gasteiger partial charge in [-0.1, -0.05) is 29.4 Å². The van der Waals surface area contributed by atoms with Crippen LogP contribution in [0.4, 0.5) is 5.69 Å². The number of amides is 1. The second-order valence-electron chi connectivity index (χ2n) is 5.01. The molecule has 126 valence electrons. The SMILES string of the molecule is COc1cc(NC(=O)CO/N=C\c2ccccc2C)cc(OC)c1. The molecule has 0 radical (unpaired) electrons. The highest BCUT2D eigenvalue weighted by molar-refractivity contribution is 5.92. The first kappa shape index (κ1) is 17.3. The molecule has 6 nitrogen and oxygen atoms in total.